The van der Waals surface area contributed by atoms with Gasteiger partial charge in [0.15, 0.2) is 24.0 Å². The number of Topliss-reactive ketones (excluding diaryl/α,β-unsaturated/α-hetero) is 2. The Labute approximate surface area is 300 Å². The van der Waals surface area contributed by atoms with Crippen molar-refractivity contribution in [1.29, 1.82) is 0 Å². The van der Waals surface area contributed by atoms with Gasteiger partial charge in [-0.2, -0.15) is 0 Å². The monoisotopic (exact) mass is 714 g/mol. The molecular weight excluding hydrogens is 660 g/mol. The first kappa shape index (κ1) is 41.8. The van der Waals surface area contributed by atoms with Crippen LogP contribution in [0, 0.1) is 17.8 Å². The van der Waals surface area contributed by atoms with Crippen molar-refractivity contribution in [3.05, 3.63) is 58.0 Å². The molecule has 1 aromatic rings. The van der Waals surface area contributed by atoms with Gasteiger partial charge in [-0.05, 0) is 97.3 Å². The highest BCUT2D eigenvalue weighted by Gasteiger charge is 2.51. The molecule has 1 fully saturated rings. The predicted molar refractivity (Wildman–Crippen MR) is 187 cm³/mol. The number of carbonyl (C=O) groups is 4. The fourth-order valence-corrected chi connectivity index (χ4v) is 7.07. The Bertz CT molecular complexity index is 1480. The lowest BCUT2D eigenvalue weighted by Crippen LogP contribution is -2.60. The molecule has 2 heterocycles. The average Bonchev–Trinajstić information content (AvgIpc) is 3.08. The van der Waals surface area contributed by atoms with Gasteiger partial charge < -0.3 is 33.7 Å². The summed E-state index contributed by atoms with van der Waals surface area (Å²) in [7, 11) is 5.18. The van der Waals surface area contributed by atoms with Crippen LogP contribution in [0.4, 0.5) is 0 Å². The number of likely N-dealkylation sites (N-methyl/N-ethyl adjacent to an activating group) is 1. The number of azide groups is 1. The summed E-state index contributed by atoms with van der Waals surface area (Å²) in [6.45, 7) is 11.2. The number of aliphatic hydroxyl groups is 1. The number of esters is 2. The van der Waals surface area contributed by atoms with Crippen molar-refractivity contribution in [1.82, 2.24) is 4.90 Å². The molecule has 0 aromatic heterocycles. The number of nitrogens with zero attached hydrogens (tertiary/aromatic N) is 4. The molecule has 2 aliphatic heterocycles. The number of ketones is 2. The van der Waals surface area contributed by atoms with E-state index in [4.69, 9.17) is 29.2 Å². The Balaban J connectivity index is 2.12. The number of carbonyl (C=O) groups excluding carboxylic acids is 4. The van der Waals surface area contributed by atoms with Crippen LogP contribution in [0.15, 0.2) is 47.1 Å². The molecule has 14 heteroatoms. The highest BCUT2D eigenvalue weighted by molar-refractivity contribution is 6.00. The van der Waals surface area contributed by atoms with Gasteiger partial charge in [0.05, 0.1) is 29.4 Å². The van der Waals surface area contributed by atoms with Crippen molar-refractivity contribution in [3.63, 3.8) is 0 Å². The van der Waals surface area contributed by atoms with E-state index in [1.165, 1.54) is 27.0 Å². The van der Waals surface area contributed by atoms with Gasteiger partial charge in [-0.1, -0.05) is 37.2 Å². The number of ether oxygens (including phenoxy) is 5. The Morgan fingerprint density at radius 1 is 1.12 bits per heavy atom. The molecule has 1 saturated heterocycles. The van der Waals surface area contributed by atoms with Gasteiger partial charge in [0, 0.05) is 30.4 Å². The standard InChI is InChI=1S/C37H54N4O10/c1-21-19-36(6,46)28(16-17-39-40-38)49-33(44)25(5)30(43)24(4)32(37(7,47-10)20-22(2)29(21)42)51-35-31(27(41(8)9)18-23(3)48-35)50-34(45)26-14-12-11-13-15-26/h11-15,19,22-25,27-28,31-32,35,46H,16-18,20H2,1-10H3/t22-,23?,24+,25-,27?,28-,31?,32-,35?,36+,37-/m1/s1. The second-order valence-electron chi connectivity index (χ2n) is 14.5. The maximum atomic E-state index is 14.2. The minimum atomic E-state index is -1.83. The molecule has 11 atom stereocenters. The first-order valence-electron chi connectivity index (χ1n) is 17.4. The second kappa shape index (κ2) is 17.7. The summed E-state index contributed by atoms with van der Waals surface area (Å²) in [5.41, 5.74) is 6.21. The number of cyclic esters (lactones) is 1. The Morgan fingerprint density at radius 3 is 2.35 bits per heavy atom. The molecule has 0 aliphatic carbocycles. The van der Waals surface area contributed by atoms with E-state index >= 15 is 0 Å². The number of rotatable bonds is 9. The summed E-state index contributed by atoms with van der Waals surface area (Å²) in [5, 5.41) is 14.9. The summed E-state index contributed by atoms with van der Waals surface area (Å²) in [6, 6.07) is 8.21. The molecule has 14 nitrogen and oxygen atoms in total. The summed E-state index contributed by atoms with van der Waals surface area (Å²) in [5.74, 6) is -5.39. The van der Waals surface area contributed by atoms with Gasteiger partial charge in [0.2, 0.25) is 0 Å². The highest BCUT2D eigenvalue weighted by Crippen LogP contribution is 2.38. The molecule has 3 rings (SSSR count). The zero-order valence-electron chi connectivity index (χ0n) is 31.4. The normalized spacial score (nSPS) is 35.6. The molecular formula is C37H54N4O10. The van der Waals surface area contributed by atoms with Crippen LogP contribution in [0.5, 0.6) is 0 Å². The fraction of sp³-hybridized carbons (Fsp3) is 0.676. The molecule has 1 N–H and O–H groups in total. The first-order valence-corrected chi connectivity index (χ1v) is 17.4. The molecule has 0 saturated carbocycles. The van der Waals surface area contributed by atoms with Crippen LogP contribution in [0.25, 0.3) is 10.4 Å². The molecule has 51 heavy (non-hydrogen) atoms. The number of hydrogen-bond acceptors (Lipinski definition) is 12. The lowest BCUT2D eigenvalue weighted by molar-refractivity contribution is -0.294. The largest absolute Gasteiger partial charge is 0.458 e. The SMILES string of the molecule is CO[C@]1(C)C[C@@H](C)C(=O)C(C)=C[C@](C)(O)[C@@H](CCN=[N+]=[N-])OC(=O)[C@H](C)C(=O)[C@H](C)[C@H]1OC1OC(C)CC(N(C)C)C1OC(=O)c1ccccc1. The maximum Gasteiger partial charge on any atom is 0.338 e. The first-order chi connectivity index (χ1) is 23.9. The zero-order valence-corrected chi connectivity index (χ0v) is 31.4. The van der Waals surface area contributed by atoms with E-state index in [2.05, 4.69) is 10.0 Å². The molecule has 0 bridgehead atoms. The number of benzene rings is 1. The van der Waals surface area contributed by atoms with Crippen molar-refractivity contribution in [2.24, 2.45) is 22.9 Å². The summed E-state index contributed by atoms with van der Waals surface area (Å²) in [6.07, 6.45) is -2.94. The van der Waals surface area contributed by atoms with E-state index in [1.807, 2.05) is 25.9 Å². The smallest absolute Gasteiger partial charge is 0.338 e. The van der Waals surface area contributed by atoms with Crippen molar-refractivity contribution >= 4 is 23.5 Å². The third-order valence-electron chi connectivity index (χ3n) is 10.1. The quantitative estimate of drug-likeness (QED) is 0.121. The van der Waals surface area contributed by atoms with Crippen LogP contribution < -0.4 is 0 Å². The minimum Gasteiger partial charge on any atom is -0.458 e. The predicted octanol–water partition coefficient (Wildman–Crippen LogP) is 4.83. The molecule has 4 unspecified atom stereocenters. The van der Waals surface area contributed by atoms with Crippen LogP contribution in [0.3, 0.4) is 0 Å². The molecule has 2 aliphatic rings. The van der Waals surface area contributed by atoms with Crippen LogP contribution in [0.2, 0.25) is 0 Å². The lowest BCUT2D eigenvalue weighted by atomic mass is 9.77. The number of hydrogen-bond donors (Lipinski definition) is 1. The van der Waals surface area contributed by atoms with Gasteiger partial charge >= 0.3 is 11.9 Å². The summed E-state index contributed by atoms with van der Waals surface area (Å²) in [4.78, 5) is 59.6. The van der Waals surface area contributed by atoms with Crippen molar-refractivity contribution in [2.75, 3.05) is 27.7 Å². The van der Waals surface area contributed by atoms with Crippen LogP contribution in [-0.4, -0.2) is 109 Å². The average molecular weight is 715 g/mol. The van der Waals surface area contributed by atoms with Gasteiger partial charge in [-0.25, -0.2) is 4.79 Å². The summed E-state index contributed by atoms with van der Waals surface area (Å²) >= 11 is 0. The van der Waals surface area contributed by atoms with E-state index < -0.39 is 71.3 Å². The van der Waals surface area contributed by atoms with Crippen LogP contribution >= 0.6 is 0 Å². The molecule has 0 spiro atoms. The maximum absolute atomic E-state index is 14.2. The van der Waals surface area contributed by atoms with Crippen LogP contribution in [0.1, 0.15) is 78.1 Å². The van der Waals surface area contributed by atoms with Crippen molar-refractivity contribution in [2.45, 2.75) is 116 Å². The Kier molecular flexibility index (Phi) is 14.5. The van der Waals surface area contributed by atoms with Gasteiger partial charge in [0.25, 0.3) is 0 Å². The molecule has 282 valence electrons. The highest BCUT2D eigenvalue weighted by atomic mass is 16.7. The summed E-state index contributed by atoms with van der Waals surface area (Å²) < 4.78 is 31.0. The number of methoxy groups -OCH3 is 1. The zero-order chi connectivity index (χ0) is 38.3. The van der Waals surface area contributed by atoms with E-state index in [0.29, 0.717) is 12.0 Å². The van der Waals surface area contributed by atoms with Crippen molar-refractivity contribution in [3.8, 4) is 0 Å². The van der Waals surface area contributed by atoms with Gasteiger partial charge in [-0.3, -0.25) is 14.4 Å². The van der Waals surface area contributed by atoms with Crippen molar-refractivity contribution < 1.29 is 48.0 Å². The van der Waals surface area contributed by atoms with E-state index in [1.54, 1.807) is 58.0 Å². The lowest BCUT2D eigenvalue weighted by Gasteiger charge is -2.47. The van der Waals surface area contributed by atoms with E-state index in [0.717, 1.165) is 0 Å². The third kappa shape index (κ3) is 10.2. The van der Waals surface area contributed by atoms with Gasteiger partial charge in [-0.15, -0.1) is 0 Å². The Morgan fingerprint density at radius 2 is 1.76 bits per heavy atom. The number of allylic oxidation sites excluding steroid dienone is 1. The topological polar surface area (TPSA) is 187 Å². The molecule has 0 radical (unpaired) electrons. The second-order valence-corrected chi connectivity index (χ2v) is 14.5. The van der Waals surface area contributed by atoms with Crippen LogP contribution in [-0.2, 0) is 38.1 Å². The third-order valence-corrected chi connectivity index (χ3v) is 10.1. The Hall–Kier alpha value is -3.65. The fourth-order valence-electron chi connectivity index (χ4n) is 7.07. The molecule has 1 aromatic carbocycles. The van der Waals surface area contributed by atoms with Gasteiger partial charge in [0.1, 0.15) is 17.6 Å². The minimum absolute atomic E-state index is 0.0619. The van der Waals surface area contributed by atoms with E-state index in [9.17, 15) is 24.3 Å². The van der Waals surface area contributed by atoms with E-state index in [-0.39, 0.29) is 42.9 Å². The molecule has 0 amide bonds.